The van der Waals surface area contributed by atoms with Crippen molar-refractivity contribution in [3.8, 4) is 6.07 Å². The van der Waals surface area contributed by atoms with Crippen molar-refractivity contribution in [3.63, 3.8) is 0 Å². The molecule has 0 saturated heterocycles. The number of hydrogen-bond acceptors (Lipinski definition) is 4. The number of carbonyl (C=O) groups is 1. The van der Waals surface area contributed by atoms with Crippen LogP contribution in [0.1, 0.15) is 27.2 Å². The first-order valence-electron chi connectivity index (χ1n) is 8.17. The van der Waals surface area contributed by atoms with Gasteiger partial charge in [-0.05, 0) is 55.3 Å². The number of nitrogens with zero attached hydrogens (tertiary/aromatic N) is 2. The Morgan fingerprint density at radius 1 is 1.00 bits per heavy atom. The van der Waals surface area contributed by atoms with Crippen LogP contribution in [-0.2, 0) is 0 Å². The van der Waals surface area contributed by atoms with Crippen LogP contribution in [-0.4, -0.2) is 10.9 Å². The van der Waals surface area contributed by atoms with E-state index < -0.39 is 0 Å². The van der Waals surface area contributed by atoms with Crippen molar-refractivity contribution < 1.29 is 4.79 Å². The molecule has 0 radical (unpaired) electrons. The number of nitriles is 1. The van der Waals surface area contributed by atoms with Crippen LogP contribution in [0.4, 0.5) is 17.1 Å². The monoisotopic (exact) mass is 342 g/mol. The van der Waals surface area contributed by atoms with Gasteiger partial charge >= 0.3 is 0 Å². The van der Waals surface area contributed by atoms with E-state index in [1.165, 1.54) is 0 Å². The fourth-order valence-corrected chi connectivity index (χ4v) is 2.62. The van der Waals surface area contributed by atoms with Crippen molar-refractivity contribution in [1.82, 2.24) is 4.98 Å². The number of para-hydroxylation sites is 1. The lowest BCUT2D eigenvalue weighted by Crippen LogP contribution is -2.13. The van der Waals surface area contributed by atoms with Crippen molar-refractivity contribution in [3.05, 3.63) is 83.2 Å². The lowest BCUT2D eigenvalue weighted by molar-refractivity contribution is 0.102. The first-order valence-corrected chi connectivity index (χ1v) is 8.17. The van der Waals surface area contributed by atoms with Gasteiger partial charge in [0.15, 0.2) is 0 Å². The minimum atomic E-state index is -0.321. The van der Waals surface area contributed by atoms with E-state index >= 15 is 0 Å². The number of hydrogen-bond donors (Lipinski definition) is 2. The van der Waals surface area contributed by atoms with Gasteiger partial charge in [0.2, 0.25) is 0 Å². The molecule has 1 heterocycles. The fourth-order valence-electron chi connectivity index (χ4n) is 2.62. The lowest BCUT2D eigenvalue weighted by atomic mass is 10.1. The highest BCUT2D eigenvalue weighted by atomic mass is 16.1. The molecule has 1 amide bonds. The van der Waals surface area contributed by atoms with Crippen LogP contribution in [0.25, 0.3) is 0 Å². The zero-order valence-corrected chi connectivity index (χ0v) is 14.6. The van der Waals surface area contributed by atoms with Gasteiger partial charge in [-0.3, -0.25) is 4.79 Å². The number of nitrogens with one attached hydrogen (secondary N) is 2. The highest BCUT2D eigenvalue weighted by Gasteiger charge is 2.09. The molecule has 1 aromatic heterocycles. The number of aromatic nitrogens is 1. The highest BCUT2D eigenvalue weighted by molar-refractivity contribution is 6.03. The fraction of sp³-hybridized carbons (Fsp3) is 0.0952. The van der Waals surface area contributed by atoms with E-state index in [1.54, 1.807) is 36.5 Å². The Kier molecular flexibility index (Phi) is 4.95. The molecule has 0 aliphatic heterocycles. The zero-order valence-electron chi connectivity index (χ0n) is 14.6. The molecule has 26 heavy (non-hydrogen) atoms. The SMILES string of the molecule is Cc1cccc(C)c1Nc1ccc(C(=O)Nc2cccc(C#N)c2)nc1. The van der Waals surface area contributed by atoms with Crippen molar-refractivity contribution in [2.24, 2.45) is 0 Å². The van der Waals surface area contributed by atoms with Gasteiger partial charge < -0.3 is 10.6 Å². The molecule has 5 nitrogen and oxygen atoms in total. The average Bonchev–Trinajstić information content (AvgIpc) is 2.65. The Balaban J connectivity index is 1.73. The second-order valence-electron chi connectivity index (χ2n) is 5.97. The van der Waals surface area contributed by atoms with Crippen LogP contribution < -0.4 is 10.6 Å². The van der Waals surface area contributed by atoms with Crippen LogP contribution >= 0.6 is 0 Å². The van der Waals surface area contributed by atoms with Crippen molar-refractivity contribution in [2.45, 2.75) is 13.8 Å². The predicted octanol–water partition coefficient (Wildman–Crippen LogP) is 4.57. The first-order chi connectivity index (χ1) is 12.6. The number of anilines is 3. The van der Waals surface area contributed by atoms with E-state index in [0.717, 1.165) is 22.5 Å². The molecular weight excluding hydrogens is 324 g/mol. The summed E-state index contributed by atoms with van der Waals surface area (Å²) in [6.07, 6.45) is 1.63. The molecule has 0 bridgehead atoms. The summed E-state index contributed by atoms with van der Waals surface area (Å²) >= 11 is 0. The number of carbonyl (C=O) groups excluding carboxylic acids is 1. The third-order valence-electron chi connectivity index (χ3n) is 4.00. The molecule has 0 aliphatic carbocycles. The smallest absolute Gasteiger partial charge is 0.274 e. The third kappa shape index (κ3) is 3.87. The Labute approximate surface area is 152 Å². The van der Waals surface area contributed by atoms with Crippen molar-refractivity contribution >= 4 is 23.0 Å². The summed E-state index contributed by atoms with van der Waals surface area (Å²) in [5.74, 6) is -0.321. The molecular formula is C21H18N4O. The summed E-state index contributed by atoms with van der Waals surface area (Å²) < 4.78 is 0. The predicted molar refractivity (Wildman–Crippen MR) is 103 cm³/mol. The largest absolute Gasteiger partial charge is 0.354 e. The van der Waals surface area contributed by atoms with E-state index in [2.05, 4.69) is 15.6 Å². The normalized spacial score (nSPS) is 10.0. The van der Waals surface area contributed by atoms with Gasteiger partial charge in [0, 0.05) is 11.4 Å². The summed E-state index contributed by atoms with van der Waals surface area (Å²) in [6, 6.07) is 18.4. The highest BCUT2D eigenvalue weighted by Crippen LogP contribution is 2.24. The first kappa shape index (κ1) is 17.2. The molecule has 0 atom stereocenters. The maximum Gasteiger partial charge on any atom is 0.274 e. The molecule has 2 aromatic carbocycles. The van der Waals surface area contributed by atoms with Gasteiger partial charge in [0.05, 0.1) is 23.5 Å². The topological polar surface area (TPSA) is 77.8 Å². The maximum atomic E-state index is 12.3. The number of benzene rings is 2. The zero-order chi connectivity index (χ0) is 18.5. The second kappa shape index (κ2) is 7.49. The van der Waals surface area contributed by atoms with E-state index in [0.29, 0.717) is 16.9 Å². The molecule has 0 spiro atoms. The summed E-state index contributed by atoms with van der Waals surface area (Å²) in [7, 11) is 0. The minimum Gasteiger partial charge on any atom is -0.354 e. The summed E-state index contributed by atoms with van der Waals surface area (Å²) in [5.41, 5.74) is 5.50. The summed E-state index contributed by atoms with van der Waals surface area (Å²) in [5, 5.41) is 15.0. The van der Waals surface area contributed by atoms with Crippen LogP contribution in [0.15, 0.2) is 60.8 Å². The molecule has 128 valence electrons. The molecule has 2 N–H and O–H groups in total. The van der Waals surface area contributed by atoms with Crippen LogP contribution in [0.3, 0.4) is 0 Å². The number of rotatable bonds is 4. The molecule has 0 aliphatic rings. The summed E-state index contributed by atoms with van der Waals surface area (Å²) in [4.78, 5) is 16.5. The van der Waals surface area contributed by atoms with E-state index in [9.17, 15) is 4.79 Å². The van der Waals surface area contributed by atoms with Crippen molar-refractivity contribution in [2.75, 3.05) is 10.6 Å². The second-order valence-corrected chi connectivity index (χ2v) is 5.97. The van der Waals surface area contributed by atoms with Gasteiger partial charge in [-0.25, -0.2) is 4.98 Å². The van der Waals surface area contributed by atoms with Gasteiger partial charge in [-0.2, -0.15) is 5.26 Å². The average molecular weight is 342 g/mol. The minimum absolute atomic E-state index is 0.305. The van der Waals surface area contributed by atoms with E-state index in [-0.39, 0.29) is 5.91 Å². The van der Waals surface area contributed by atoms with E-state index in [4.69, 9.17) is 5.26 Å². The number of aryl methyl sites for hydroxylation is 2. The Bertz CT molecular complexity index is 967. The Morgan fingerprint density at radius 2 is 1.73 bits per heavy atom. The van der Waals surface area contributed by atoms with Crippen LogP contribution in [0.2, 0.25) is 0 Å². The third-order valence-corrected chi connectivity index (χ3v) is 4.00. The molecule has 0 saturated carbocycles. The standard InChI is InChI=1S/C21H18N4O/c1-14-5-3-6-15(2)20(14)24-18-9-10-19(23-13-18)21(26)25-17-8-4-7-16(11-17)12-22/h3-11,13,24H,1-2H3,(H,25,26). The molecule has 3 rings (SSSR count). The molecule has 0 fully saturated rings. The number of pyridine rings is 1. The van der Waals surface area contributed by atoms with Gasteiger partial charge in [-0.1, -0.05) is 24.3 Å². The number of amides is 1. The van der Waals surface area contributed by atoms with Gasteiger partial charge in [0.1, 0.15) is 5.69 Å². The quantitative estimate of drug-likeness (QED) is 0.728. The van der Waals surface area contributed by atoms with Crippen LogP contribution in [0.5, 0.6) is 0 Å². The molecule has 0 unspecified atom stereocenters. The van der Waals surface area contributed by atoms with E-state index in [1.807, 2.05) is 44.2 Å². The van der Waals surface area contributed by atoms with Gasteiger partial charge in [0.25, 0.3) is 5.91 Å². The van der Waals surface area contributed by atoms with Crippen molar-refractivity contribution in [1.29, 1.82) is 5.26 Å². The maximum absolute atomic E-state index is 12.3. The lowest BCUT2D eigenvalue weighted by Gasteiger charge is -2.12. The molecule has 3 aromatic rings. The Hall–Kier alpha value is -3.65. The summed E-state index contributed by atoms with van der Waals surface area (Å²) in [6.45, 7) is 4.08. The Morgan fingerprint density at radius 3 is 2.38 bits per heavy atom. The van der Waals surface area contributed by atoms with Crippen LogP contribution in [0, 0.1) is 25.2 Å². The molecule has 5 heteroatoms. The van der Waals surface area contributed by atoms with Gasteiger partial charge in [-0.15, -0.1) is 0 Å².